The molecule has 0 spiro atoms. The number of aliphatic hydroxyl groups is 1. The molecule has 21 heavy (non-hydrogen) atoms. The Morgan fingerprint density at radius 2 is 1.95 bits per heavy atom. The molecule has 0 saturated heterocycles. The summed E-state index contributed by atoms with van der Waals surface area (Å²) in [5.41, 5.74) is 3.10. The van der Waals surface area contributed by atoms with Crippen molar-refractivity contribution in [3.05, 3.63) is 63.1 Å². The maximum absolute atomic E-state index is 9.64. The molecule has 1 heterocycles. The van der Waals surface area contributed by atoms with Gasteiger partial charge in [-0.05, 0) is 60.7 Å². The molecule has 0 radical (unpaired) electrons. The van der Waals surface area contributed by atoms with Gasteiger partial charge in [-0.1, -0.05) is 35.3 Å². The standard InChI is InChI=1S/C17H16Cl2O2/c1-10(20)11-3-6-16-12(8-11)4-7-17(21-16)13-2-5-14(18)15(19)9-13/h2-3,5-6,8-10,17,20H,4,7H2,1H3. The minimum Gasteiger partial charge on any atom is -0.485 e. The molecule has 1 aliphatic heterocycles. The topological polar surface area (TPSA) is 29.5 Å². The predicted octanol–water partition coefficient (Wildman–Crippen LogP) is 5.11. The van der Waals surface area contributed by atoms with Gasteiger partial charge in [0.15, 0.2) is 0 Å². The monoisotopic (exact) mass is 322 g/mol. The van der Waals surface area contributed by atoms with Crippen LogP contribution in [0.3, 0.4) is 0 Å². The first-order valence-corrected chi connectivity index (χ1v) is 7.72. The van der Waals surface area contributed by atoms with Crippen LogP contribution in [0, 0.1) is 0 Å². The average molecular weight is 323 g/mol. The SMILES string of the molecule is CC(O)c1ccc2c(c1)CCC(c1ccc(Cl)c(Cl)c1)O2. The summed E-state index contributed by atoms with van der Waals surface area (Å²) in [6.07, 6.45) is 1.34. The highest BCUT2D eigenvalue weighted by Crippen LogP contribution is 2.37. The molecule has 2 atom stereocenters. The van der Waals surface area contributed by atoms with Crippen LogP contribution in [0.2, 0.25) is 10.0 Å². The third-order valence-corrected chi connectivity index (χ3v) is 4.57. The number of aliphatic hydroxyl groups excluding tert-OH is 1. The molecule has 2 unspecified atom stereocenters. The van der Waals surface area contributed by atoms with E-state index < -0.39 is 6.10 Å². The zero-order valence-electron chi connectivity index (χ0n) is 11.6. The molecule has 1 aliphatic rings. The summed E-state index contributed by atoms with van der Waals surface area (Å²) in [5.74, 6) is 0.877. The number of halogens is 2. The Hall–Kier alpha value is -1.22. The highest BCUT2D eigenvalue weighted by molar-refractivity contribution is 6.42. The molecule has 0 aromatic heterocycles. The van der Waals surface area contributed by atoms with Crippen molar-refractivity contribution in [2.75, 3.05) is 0 Å². The van der Waals surface area contributed by atoms with Gasteiger partial charge in [0.1, 0.15) is 11.9 Å². The molecular formula is C17H16Cl2O2. The summed E-state index contributed by atoms with van der Waals surface area (Å²) in [4.78, 5) is 0. The van der Waals surface area contributed by atoms with Crippen LogP contribution < -0.4 is 4.74 Å². The van der Waals surface area contributed by atoms with Crippen LogP contribution in [0.25, 0.3) is 0 Å². The summed E-state index contributed by atoms with van der Waals surface area (Å²) >= 11 is 12.0. The van der Waals surface area contributed by atoms with E-state index in [1.54, 1.807) is 13.0 Å². The maximum atomic E-state index is 9.64. The first kappa shape index (κ1) is 14.7. The van der Waals surface area contributed by atoms with Gasteiger partial charge in [-0.25, -0.2) is 0 Å². The highest BCUT2D eigenvalue weighted by Gasteiger charge is 2.22. The Balaban J connectivity index is 1.85. The van der Waals surface area contributed by atoms with E-state index in [2.05, 4.69) is 0 Å². The molecule has 0 saturated carbocycles. The molecule has 0 bridgehead atoms. The van der Waals surface area contributed by atoms with Gasteiger partial charge in [-0.2, -0.15) is 0 Å². The summed E-state index contributed by atoms with van der Waals surface area (Å²) in [5, 5.41) is 10.7. The number of benzene rings is 2. The van der Waals surface area contributed by atoms with Crippen LogP contribution in [0.5, 0.6) is 5.75 Å². The second kappa shape index (κ2) is 5.88. The van der Waals surface area contributed by atoms with Gasteiger partial charge in [-0.3, -0.25) is 0 Å². The molecule has 2 nitrogen and oxygen atoms in total. The Bertz CT molecular complexity index is 668. The molecule has 2 aromatic carbocycles. The largest absolute Gasteiger partial charge is 0.485 e. The highest BCUT2D eigenvalue weighted by atomic mass is 35.5. The van der Waals surface area contributed by atoms with Crippen molar-refractivity contribution in [2.24, 2.45) is 0 Å². The molecule has 3 rings (SSSR count). The molecule has 1 N–H and O–H groups in total. The lowest BCUT2D eigenvalue weighted by atomic mass is 9.95. The molecule has 0 amide bonds. The van der Waals surface area contributed by atoms with Gasteiger partial charge in [0, 0.05) is 0 Å². The van der Waals surface area contributed by atoms with Gasteiger partial charge in [0.05, 0.1) is 16.1 Å². The van der Waals surface area contributed by atoms with E-state index in [1.165, 1.54) is 0 Å². The van der Waals surface area contributed by atoms with Crippen molar-refractivity contribution in [1.82, 2.24) is 0 Å². The lowest BCUT2D eigenvalue weighted by Gasteiger charge is -2.27. The van der Waals surface area contributed by atoms with Gasteiger partial charge >= 0.3 is 0 Å². The minimum absolute atomic E-state index is 0.00957. The van der Waals surface area contributed by atoms with Crippen LogP contribution in [-0.2, 0) is 6.42 Å². The van der Waals surface area contributed by atoms with Crippen LogP contribution in [-0.4, -0.2) is 5.11 Å². The summed E-state index contributed by atoms with van der Waals surface area (Å²) in [7, 11) is 0. The lowest BCUT2D eigenvalue weighted by Crippen LogP contribution is -2.15. The number of ether oxygens (including phenoxy) is 1. The van der Waals surface area contributed by atoms with Gasteiger partial charge < -0.3 is 9.84 Å². The molecule has 4 heteroatoms. The van der Waals surface area contributed by atoms with E-state index >= 15 is 0 Å². The smallest absolute Gasteiger partial charge is 0.124 e. The van der Waals surface area contributed by atoms with E-state index in [0.29, 0.717) is 10.0 Å². The van der Waals surface area contributed by atoms with Crippen molar-refractivity contribution < 1.29 is 9.84 Å². The normalized spacial score (nSPS) is 18.8. The first-order valence-electron chi connectivity index (χ1n) is 6.97. The van der Waals surface area contributed by atoms with Gasteiger partial charge in [0.2, 0.25) is 0 Å². The molecule has 110 valence electrons. The van der Waals surface area contributed by atoms with Crippen LogP contribution in [0.15, 0.2) is 36.4 Å². The van der Waals surface area contributed by atoms with E-state index in [4.69, 9.17) is 27.9 Å². The quantitative estimate of drug-likeness (QED) is 0.832. The van der Waals surface area contributed by atoms with Gasteiger partial charge in [0.25, 0.3) is 0 Å². The van der Waals surface area contributed by atoms with Gasteiger partial charge in [-0.15, -0.1) is 0 Å². The first-order chi connectivity index (χ1) is 10.0. The number of aryl methyl sites for hydroxylation is 1. The number of hydrogen-bond donors (Lipinski definition) is 1. The second-order valence-corrected chi connectivity index (χ2v) is 6.18. The fourth-order valence-corrected chi connectivity index (χ4v) is 2.92. The fraction of sp³-hybridized carbons (Fsp3) is 0.294. The second-order valence-electron chi connectivity index (χ2n) is 5.36. The van der Waals surface area contributed by atoms with Crippen LogP contribution in [0.1, 0.15) is 42.2 Å². The summed E-state index contributed by atoms with van der Waals surface area (Å²) in [6, 6.07) is 11.5. The maximum Gasteiger partial charge on any atom is 0.124 e. The van der Waals surface area contributed by atoms with Crippen molar-refractivity contribution >= 4 is 23.2 Å². The number of hydrogen-bond acceptors (Lipinski definition) is 2. The third-order valence-electron chi connectivity index (χ3n) is 3.83. The van der Waals surface area contributed by atoms with Crippen molar-refractivity contribution in [3.8, 4) is 5.75 Å². The van der Waals surface area contributed by atoms with Crippen LogP contribution in [0.4, 0.5) is 0 Å². The Labute approximate surface area is 134 Å². The Morgan fingerprint density at radius 3 is 2.67 bits per heavy atom. The lowest BCUT2D eigenvalue weighted by molar-refractivity contribution is 0.175. The molecule has 0 fully saturated rings. The fourth-order valence-electron chi connectivity index (χ4n) is 2.62. The molecular weight excluding hydrogens is 307 g/mol. The van der Waals surface area contributed by atoms with Crippen molar-refractivity contribution in [1.29, 1.82) is 0 Å². The third kappa shape index (κ3) is 3.03. The average Bonchev–Trinajstić information content (AvgIpc) is 2.49. The minimum atomic E-state index is -0.455. The van der Waals surface area contributed by atoms with E-state index in [-0.39, 0.29) is 6.10 Å². The van der Waals surface area contributed by atoms with Crippen molar-refractivity contribution in [3.63, 3.8) is 0 Å². The Morgan fingerprint density at radius 1 is 1.14 bits per heavy atom. The van der Waals surface area contributed by atoms with Crippen LogP contribution >= 0.6 is 23.2 Å². The predicted molar refractivity (Wildman–Crippen MR) is 85.2 cm³/mol. The zero-order chi connectivity index (χ0) is 15.0. The number of fused-ring (bicyclic) bond motifs is 1. The zero-order valence-corrected chi connectivity index (χ0v) is 13.2. The molecule has 0 aliphatic carbocycles. The van der Waals surface area contributed by atoms with E-state index in [0.717, 1.165) is 35.3 Å². The van der Waals surface area contributed by atoms with E-state index in [1.807, 2.05) is 30.3 Å². The van der Waals surface area contributed by atoms with E-state index in [9.17, 15) is 5.11 Å². The summed E-state index contributed by atoms with van der Waals surface area (Å²) < 4.78 is 6.06. The molecule has 2 aromatic rings. The number of rotatable bonds is 2. The van der Waals surface area contributed by atoms with Crippen molar-refractivity contribution in [2.45, 2.75) is 32.0 Å². The summed E-state index contributed by atoms with van der Waals surface area (Å²) in [6.45, 7) is 1.77. The Kier molecular flexibility index (Phi) is 4.12.